The monoisotopic (exact) mass is 509 g/mol. The van der Waals surface area contributed by atoms with Gasteiger partial charge in [-0.15, -0.1) is 0 Å². The van der Waals surface area contributed by atoms with Crippen LogP contribution in [-0.4, -0.2) is 62.9 Å². The highest BCUT2D eigenvalue weighted by Crippen LogP contribution is 2.32. The highest BCUT2D eigenvalue weighted by atomic mass is 19.4. The van der Waals surface area contributed by atoms with Crippen LogP contribution in [0, 0.1) is 5.92 Å². The maximum atomic E-state index is 13.1. The molecule has 0 spiro atoms. The Kier molecular flexibility index (Phi) is 6.42. The van der Waals surface area contributed by atoms with Crippen molar-refractivity contribution in [1.82, 2.24) is 30.0 Å². The minimum absolute atomic E-state index is 0.00378. The largest absolute Gasteiger partial charge is 0.416 e. The summed E-state index contributed by atoms with van der Waals surface area (Å²) < 4.78 is 39.2. The van der Waals surface area contributed by atoms with Gasteiger partial charge in [0.25, 0.3) is 0 Å². The Balaban J connectivity index is 1.37. The van der Waals surface area contributed by atoms with Crippen LogP contribution < -0.4 is 5.73 Å². The molecule has 0 atom stereocenters. The molecule has 2 aromatic heterocycles. The van der Waals surface area contributed by atoms with Crippen LogP contribution in [0.4, 0.5) is 19.0 Å². The third-order valence-electron chi connectivity index (χ3n) is 6.71. The molecule has 3 N–H and O–H groups in total. The van der Waals surface area contributed by atoms with Gasteiger partial charge in [0.2, 0.25) is 0 Å². The molecule has 0 saturated carbocycles. The summed E-state index contributed by atoms with van der Waals surface area (Å²) in [5, 5.41) is 4.28. The average Bonchev–Trinajstić information content (AvgIpc) is 3.31. The van der Waals surface area contributed by atoms with E-state index in [4.69, 9.17) is 5.73 Å². The van der Waals surface area contributed by atoms with Gasteiger partial charge in [-0.3, -0.25) is 4.79 Å². The van der Waals surface area contributed by atoms with Gasteiger partial charge in [0.1, 0.15) is 5.69 Å². The van der Waals surface area contributed by atoms with Gasteiger partial charge in [-0.2, -0.15) is 13.2 Å². The minimum Gasteiger partial charge on any atom is -0.382 e. The van der Waals surface area contributed by atoms with E-state index in [0.717, 1.165) is 43.6 Å². The number of hydrogen-bond donors (Lipinski definition) is 2. The number of H-pyrrole nitrogens is 1. The van der Waals surface area contributed by atoms with Gasteiger partial charge in [0.15, 0.2) is 17.4 Å². The van der Waals surface area contributed by atoms with Crippen LogP contribution in [0.3, 0.4) is 0 Å². The Morgan fingerprint density at radius 3 is 2.43 bits per heavy atom. The number of hydrogen-bond acceptors (Lipinski definition) is 7. The van der Waals surface area contributed by atoms with E-state index >= 15 is 0 Å². The van der Waals surface area contributed by atoms with Crippen molar-refractivity contribution in [2.24, 2.45) is 5.92 Å². The number of halogens is 3. The topological polar surface area (TPSA) is 104 Å². The number of benzene rings is 2. The third kappa shape index (κ3) is 5.05. The van der Waals surface area contributed by atoms with Crippen LogP contribution in [0.5, 0.6) is 0 Å². The molecular formula is C26H26F3N7O. The number of fused-ring (bicyclic) bond motifs is 1. The number of piperidine rings is 1. The van der Waals surface area contributed by atoms with Gasteiger partial charge in [-0.25, -0.2) is 25.0 Å². The summed E-state index contributed by atoms with van der Waals surface area (Å²) in [5.41, 5.74) is 7.93. The molecule has 0 bridgehead atoms. The van der Waals surface area contributed by atoms with Crippen molar-refractivity contribution in [3.8, 4) is 22.8 Å². The van der Waals surface area contributed by atoms with E-state index in [1.807, 2.05) is 14.1 Å². The van der Waals surface area contributed by atoms with Gasteiger partial charge < -0.3 is 10.7 Å². The first kappa shape index (κ1) is 24.8. The lowest BCUT2D eigenvalue weighted by atomic mass is 9.89. The number of aromatic amines is 1. The number of nitrogens with one attached hydrogen (secondary N) is 1. The molecule has 37 heavy (non-hydrogen) atoms. The molecule has 2 aromatic carbocycles. The smallest absolute Gasteiger partial charge is 0.382 e. The number of nitrogens with zero attached hydrogens (tertiary/aromatic N) is 5. The van der Waals surface area contributed by atoms with Crippen molar-refractivity contribution in [3.63, 3.8) is 0 Å². The van der Waals surface area contributed by atoms with E-state index < -0.39 is 11.7 Å². The Morgan fingerprint density at radius 1 is 1.08 bits per heavy atom. The maximum absolute atomic E-state index is 13.1. The first-order valence-electron chi connectivity index (χ1n) is 11.9. The van der Waals surface area contributed by atoms with E-state index in [9.17, 15) is 18.0 Å². The Morgan fingerprint density at radius 2 is 1.78 bits per heavy atom. The zero-order chi connectivity index (χ0) is 26.3. The van der Waals surface area contributed by atoms with E-state index in [2.05, 4.69) is 30.0 Å². The molecule has 1 aliphatic rings. The molecule has 5 rings (SSSR count). The second-order valence-electron chi connectivity index (χ2n) is 9.32. The van der Waals surface area contributed by atoms with Crippen LogP contribution in [-0.2, 0) is 6.18 Å². The molecule has 8 nitrogen and oxygen atoms in total. The first-order valence-corrected chi connectivity index (χ1v) is 11.9. The van der Waals surface area contributed by atoms with Gasteiger partial charge >= 0.3 is 6.18 Å². The number of nitrogen functional groups attached to an aromatic ring is 1. The number of rotatable bonds is 5. The molecule has 4 aromatic rings. The molecule has 1 aliphatic heterocycles. The third-order valence-corrected chi connectivity index (χ3v) is 6.71. The number of aromatic nitrogens is 4. The molecule has 0 radical (unpaired) electrons. The Bertz CT molecular complexity index is 1440. The fraction of sp³-hybridized carbons (Fsp3) is 0.308. The van der Waals surface area contributed by atoms with E-state index in [-0.39, 0.29) is 34.6 Å². The Hall–Kier alpha value is -3.83. The summed E-state index contributed by atoms with van der Waals surface area (Å²) in [6.45, 7) is 1.70. The number of carbonyl (C=O) groups excluding carboxylic acids is 1. The number of Topliss-reactive ketones (excluding diaryl/α,β-unsaturated/α-hetero) is 1. The number of ketones is 1. The second-order valence-corrected chi connectivity index (χ2v) is 9.32. The second kappa shape index (κ2) is 9.56. The fourth-order valence-electron chi connectivity index (χ4n) is 4.58. The fourth-order valence-corrected chi connectivity index (χ4v) is 4.58. The van der Waals surface area contributed by atoms with Crippen LogP contribution >= 0.6 is 0 Å². The summed E-state index contributed by atoms with van der Waals surface area (Å²) in [4.78, 5) is 29.0. The van der Waals surface area contributed by atoms with Crippen molar-refractivity contribution < 1.29 is 18.0 Å². The zero-order valence-corrected chi connectivity index (χ0v) is 20.4. The van der Waals surface area contributed by atoms with Gasteiger partial charge in [0, 0.05) is 44.2 Å². The maximum Gasteiger partial charge on any atom is 0.416 e. The minimum atomic E-state index is -4.46. The average molecular weight is 510 g/mol. The summed E-state index contributed by atoms with van der Waals surface area (Å²) in [6, 6.07) is 10.5. The molecule has 0 aliphatic carbocycles. The standard InChI is InChI=1S/C26H26F3N7O/c1-35(2)36-11-9-17(10-12-36)23(37)16-5-3-15(4-6-16)21-14-31-24(30)22(32-21)25-33-19-8-7-18(26(27,28)29)13-20(19)34-25/h3-8,13-14,17H,9-12H2,1-2H3,(H2,30,31)(H,33,34). The first-order chi connectivity index (χ1) is 17.6. The number of anilines is 1. The summed E-state index contributed by atoms with van der Waals surface area (Å²) in [7, 11) is 4.01. The van der Waals surface area contributed by atoms with Crippen LogP contribution in [0.1, 0.15) is 28.8 Å². The van der Waals surface area contributed by atoms with Crippen LogP contribution in [0.2, 0.25) is 0 Å². The highest BCUT2D eigenvalue weighted by molar-refractivity contribution is 5.98. The van der Waals surface area contributed by atoms with Crippen LogP contribution in [0.25, 0.3) is 33.8 Å². The van der Waals surface area contributed by atoms with E-state index in [1.165, 1.54) is 12.3 Å². The molecule has 11 heteroatoms. The van der Waals surface area contributed by atoms with Crippen molar-refractivity contribution in [2.45, 2.75) is 19.0 Å². The molecule has 192 valence electrons. The zero-order valence-electron chi connectivity index (χ0n) is 20.4. The summed E-state index contributed by atoms with van der Waals surface area (Å²) >= 11 is 0. The van der Waals surface area contributed by atoms with E-state index in [1.54, 1.807) is 24.3 Å². The SMILES string of the molecule is CN(C)N1CCC(C(=O)c2ccc(-c3cnc(N)c(-c4nc5ccc(C(F)(F)F)cc5[nH]4)n3)cc2)CC1. The van der Waals surface area contributed by atoms with Crippen molar-refractivity contribution in [3.05, 3.63) is 59.8 Å². The molecular weight excluding hydrogens is 483 g/mol. The van der Waals surface area contributed by atoms with Crippen molar-refractivity contribution >= 4 is 22.6 Å². The van der Waals surface area contributed by atoms with Crippen molar-refractivity contribution in [1.29, 1.82) is 0 Å². The predicted molar refractivity (Wildman–Crippen MR) is 134 cm³/mol. The number of alkyl halides is 3. The molecule has 0 amide bonds. The van der Waals surface area contributed by atoms with Crippen LogP contribution in [0.15, 0.2) is 48.7 Å². The molecule has 1 saturated heterocycles. The highest BCUT2D eigenvalue weighted by Gasteiger charge is 2.31. The number of hydrazine groups is 1. The summed E-state index contributed by atoms with van der Waals surface area (Å²) in [5.74, 6) is 0.442. The normalized spacial score (nSPS) is 15.5. The van der Waals surface area contributed by atoms with Crippen molar-refractivity contribution in [2.75, 3.05) is 32.9 Å². The molecule has 0 unspecified atom stereocenters. The van der Waals surface area contributed by atoms with E-state index in [0.29, 0.717) is 16.8 Å². The van der Waals surface area contributed by atoms with Gasteiger partial charge in [-0.1, -0.05) is 24.3 Å². The summed E-state index contributed by atoms with van der Waals surface area (Å²) in [6.07, 6.45) is -1.33. The number of imidazole rings is 1. The lowest BCUT2D eigenvalue weighted by molar-refractivity contribution is -0.137. The molecule has 3 heterocycles. The lowest BCUT2D eigenvalue weighted by Crippen LogP contribution is -2.44. The quantitative estimate of drug-likeness (QED) is 0.377. The predicted octanol–water partition coefficient (Wildman–Crippen LogP) is 4.66. The van der Waals surface area contributed by atoms with Gasteiger partial charge in [0.05, 0.1) is 28.5 Å². The molecule has 1 fully saturated rings. The lowest BCUT2D eigenvalue weighted by Gasteiger charge is -2.35. The van der Waals surface area contributed by atoms with Gasteiger partial charge in [-0.05, 0) is 31.0 Å². The Labute approximate surface area is 211 Å². The number of carbonyl (C=O) groups is 1. The number of nitrogens with two attached hydrogens (primary N) is 1.